The molecule has 2 N–H and O–H groups in total. The number of likely N-dealkylation sites (tertiary alicyclic amines) is 1. The van der Waals surface area contributed by atoms with Gasteiger partial charge in [-0.3, -0.25) is 14.4 Å². The summed E-state index contributed by atoms with van der Waals surface area (Å²) in [6, 6.07) is 10.2. The second-order valence-corrected chi connectivity index (χ2v) is 7.82. The summed E-state index contributed by atoms with van der Waals surface area (Å²) in [5, 5.41) is 12.4. The zero-order valence-corrected chi connectivity index (χ0v) is 17.1. The third kappa shape index (κ3) is 3.31. The zero-order valence-electron chi connectivity index (χ0n) is 17.1. The molecule has 1 aliphatic heterocycles. The molecule has 4 rings (SSSR count). The van der Waals surface area contributed by atoms with E-state index in [1.165, 1.54) is 0 Å². The number of aliphatic hydroxyl groups excluding tert-OH is 1. The molecule has 6 heteroatoms. The summed E-state index contributed by atoms with van der Waals surface area (Å²) in [5.74, 6) is -0.638. The van der Waals surface area contributed by atoms with Crippen LogP contribution in [0.4, 0.5) is 5.69 Å². The molecule has 1 unspecified atom stereocenters. The number of hydrogen-bond acceptors (Lipinski definition) is 5. The molecular weight excluding hydrogens is 380 g/mol. The summed E-state index contributed by atoms with van der Waals surface area (Å²) < 4.78 is 0. The number of benzene rings is 2. The average Bonchev–Trinajstić information content (AvgIpc) is 2.80. The van der Waals surface area contributed by atoms with Gasteiger partial charge in [0.2, 0.25) is 0 Å². The number of aliphatic hydroxyl groups is 1. The van der Waals surface area contributed by atoms with E-state index < -0.39 is 0 Å². The summed E-state index contributed by atoms with van der Waals surface area (Å²) in [6.07, 6.45) is 3.90. The first kappa shape index (κ1) is 20.3. The number of carbonyl (C=O) groups excluding carboxylic acids is 3. The quantitative estimate of drug-likeness (QED) is 0.679. The number of rotatable bonds is 5. The highest BCUT2D eigenvalue weighted by atomic mass is 16.3. The largest absolute Gasteiger partial charge is 0.395 e. The van der Waals surface area contributed by atoms with Crippen LogP contribution in [0.5, 0.6) is 0 Å². The van der Waals surface area contributed by atoms with Crippen molar-refractivity contribution in [2.24, 2.45) is 0 Å². The third-order valence-electron chi connectivity index (χ3n) is 6.10. The van der Waals surface area contributed by atoms with Crippen LogP contribution >= 0.6 is 0 Å². The van der Waals surface area contributed by atoms with Gasteiger partial charge in [0.05, 0.1) is 23.4 Å². The molecule has 1 amide bonds. The molecule has 0 saturated carbocycles. The number of nitrogens with zero attached hydrogens (tertiary/aromatic N) is 1. The van der Waals surface area contributed by atoms with Gasteiger partial charge in [0.1, 0.15) is 0 Å². The van der Waals surface area contributed by atoms with Gasteiger partial charge in [-0.25, -0.2) is 0 Å². The summed E-state index contributed by atoms with van der Waals surface area (Å²) in [6.45, 7) is 2.78. The number of amides is 1. The van der Waals surface area contributed by atoms with Gasteiger partial charge in [-0.05, 0) is 37.8 Å². The van der Waals surface area contributed by atoms with E-state index in [-0.39, 0.29) is 42.2 Å². The molecule has 0 bridgehead atoms. The Balaban J connectivity index is 1.84. The molecular formula is C24H26N2O4. The molecule has 1 fully saturated rings. The summed E-state index contributed by atoms with van der Waals surface area (Å²) in [7, 11) is 0. The molecule has 156 valence electrons. The minimum atomic E-state index is -0.277. The number of piperidine rings is 1. The van der Waals surface area contributed by atoms with Gasteiger partial charge < -0.3 is 15.3 Å². The number of carbonyl (C=O) groups is 3. The van der Waals surface area contributed by atoms with Crippen molar-refractivity contribution >= 4 is 23.2 Å². The van der Waals surface area contributed by atoms with Crippen molar-refractivity contribution < 1.29 is 19.5 Å². The second-order valence-electron chi connectivity index (χ2n) is 7.82. The Bertz CT molecular complexity index is 1010. The molecule has 0 spiro atoms. The second kappa shape index (κ2) is 8.40. The van der Waals surface area contributed by atoms with Crippen LogP contribution in [0.15, 0.2) is 36.4 Å². The zero-order chi connectivity index (χ0) is 21.3. The van der Waals surface area contributed by atoms with Crippen LogP contribution in [-0.2, 0) is 0 Å². The smallest absolute Gasteiger partial charge is 0.256 e. The molecule has 0 aromatic heterocycles. The Kier molecular flexibility index (Phi) is 5.68. The van der Waals surface area contributed by atoms with E-state index in [4.69, 9.17) is 0 Å². The van der Waals surface area contributed by atoms with Crippen molar-refractivity contribution in [1.82, 2.24) is 4.90 Å². The van der Waals surface area contributed by atoms with Gasteiger partial charge >= 0.3 is 0 Å². The van der Waals surface area contributed by atoms with E-state index in [0.29, 0.717) is 34.5 Å². The lowest BCUT2D eigenvalue weighted by molar-refractivity contribution is 0.0608. The van der Waals surface area contributed by atoms with Crippen LogP contribution in [0, 0.1) is 0 Å². The molecule has 1 atom stereocenters. The van der Waals surface area contributed by atoms with Crippen LogP contribution in [0.2, 0.25) is 0 Å². The summed E-state index contributed by atoms with van der Waals surface area (Å²) in [5.41, 5.74) is 1.97. The van der Waals surface area contributed by atoms with E-state index in [1.807, 2.05) is 4.90 Å². The maximum absolute atomic E-state index is 13.5. The van der Waals surface area contributed by atoms with Gasteiger partial charge in [0, 0.05) is 35.8 Å². The Morgan fingerprint density at radius 3 is 2.50 bits per heavy atom. The van der Waals surface area contributed by atoms with Crippen LogP contribution < -0.4 is 5.32 Å². The monoisotopic (exact) mass is 406 g/mol. The highest BCUT2D eigenvalue weighted by molar-refractivity contribution is 6.31. The first-order valence-electron chi connectivity index (χ1n) is 10.6. The van der Waals surface area contributed by atoms with E-state index in [0.717, 1.165) is 25.7 Å². The number of anilines is 1. The van der Waals surface area contributed by atoms with Crippen LogP contribution in [0.25, 0.3) is 0 Å². The fraction of sp³-hybridized carbons (Fsp3) is 0.375. The van der Waals surface area contributed by atoms with Crippen LogP contribution in [0.1, 0.15) is 74.8 Å². The molecule has 2 aromatic carbocycles. The van der Waals surface area contributed by atoms with Crippen molar-refractivity contribution in [3.63, 3.8) is 0 Å². The minimum Gasteiger partial charge on any atom is -0.395 e. The molecule has 1 heterocycles. The van der Waals surface area contributed by atoms with Crippen molar-refractivity contribution in [3.05, 3.63) is 64.2 Å². The number of fused-ring (bicyclic) bond motifs is 2. The average molecular weight is 406 g/mol. The topological polar surface area (TPSA) is 86.7 Å². The number of hydrogen-bond donors (Lipinski definition) is 2. The van der Waals surface area contributed by atoms with Gasteiger partial charge in [0.25, 0.3) is 5.91 Å². The molecule has 6 nitrogen and oxygen atoms in total. The summed E-state index contributed by atoms with van der Waals surface area (Å²) >= 11 is 0. The predicted octanol–water partition coefficient (Wildman–Crippen LogP) is 3.27. The molecule has 1 aliphatic carbocycles. The molecule has 2 aromatic rings. The Morgan fingerprint density at radius 2 is 1.80 bits per heavy atom. The lowest BCUT2D eigenvalue weighted by atomic mass is 9.82. The Morgan fingerprint density at radius 1 is 1.07 bits per heavy atom. The van der Waals surface area contributed by atoms with Gasteiger partial charge in [0.15, 0.2) is 11.6 Å². The van der Waals surface area contributed by atoms with E-state index in [1.54, 1.807) is 36.4 Å². The SMILES string of the molecule is CCC1CCCCN1C(=O)c1ccc2c(c1NCCO)C(=O)c1ccccc1C2=O. The van der Waals surface area contributed by atoms with Gasteiger partial charge in [-0.1, -0.05) is 31.2 Å². The van der Waals surface area contributed by atoms with Crippen molar-refractivity contribution in [3.8, 4) is 0 Å². The van der Waals surface area contributed by atoms with E-state index in [2.05, 4.69) is 12.2 Å². The van der Waals surface area contributed by atoms with Crippen LogP contribution in [-0.4, -0.2) is 53.2 Å². The normalized spacial score (nSPS) is 18.1. The standard InChI is InChI=1S/C24H26N2O4/c1-2-15-7-5-6-13-26(15)24(30)19-11-10-18-20(21(19)25-12-14-27)23(29)17-9-4-3-8-16(17)22(18)28/h3-4,8-11,15,25,27H,2,5-7,12-14H2,1H3. The molecule has 0 radical (unpaired) electrons. The Labute approximate surface area is 175 Å². The first-order valence-corrected chi connectivity index (χ1v) is 10.6. The van der Waals surface area contributed by atoms with Crippen molar-refractivity contribution in [2.45, 2.75) is 38.6 Å². The van der Waals surface area contributed by atoms with E-state index >= 15 is 0 Å². The fourth-order valence-electron chi connectivity index (χ4n) is 4.58. The van der Waals surface area contributed by atoms with Gasteiger partial charge in [-0.15, -0.1) is 0 Å². The lowest BCUT2D eigenvalue weighted by Gasteiger charge is -2.36. The predicted molar refractivity (Wildman–Crippen MR) is 114 cm³/mol. The number of ketones is 2. The summed E-state index contributed by atoms with van der Waals surface area (Å²) in [4.78, 5) is 41.8. The van der Waals surface area contributed by atoms with Gasteiger partial charge in [-0.2, -0.15) is 0 Å². The molecule has 30 heavy (non-hydrogen) atoms. The minimum absolute atomic E-state index is 0.135. The Hall–Kier alpha value is -2.99. The molecule has 1 saturated heterocycles. The lowest BCUT2D eigenvalue weighted by Crippen LogP contribution is -2.43. The molecule has 2 aliphatic rings. The van der Waals surface area contributed by atoms with Crippen molar-refractivity contribution in [1.29, 1.82) is 0 Å². The number of nitrogens with one attached hydrogen (secondary N) is 1. The van der Waals surface area contributed by atoms with E-state index in [9.17, 15) is 19.5 Å². The first-order chi connectivity index (χ1) is 14.6. The van der Waals surface area contributed by atoms with Crippen LogP contribution in [0.3, 0.4) is 0 Å². The third-order valence-corrected chi connectivity index (χ3v) is 6.10. The van der Waals surface area contributed by atoms with Crippen molar-refractivity contribution in [2.75, 3.05) is 25.0 Å². The maximum atomic E-state index is 13.5. The fourth-order valence-corrected chi connectivity index (χ4v) is 4.58. The maximum Gasteiger partial charge on any atom is 0.256 e. The highest BCUT2D eigenvalue weighted by Crippen LogP contribution is 2.35. The highest BCUT2D eigenvalue weighted by Gasteiger charge is 2.35.